The third-order valence-corrected chi connectivity index (χ3v) is 5.89. The van der Waals surface area contributed by atoms with Gasteiger partial charge in [-0.25, -0.2) is 4.39 Å². The molecule has 1 aliphatic heterocycles. The summed E-state index contributed by atoms with van der Waals surface area (Å²) < 4.78 is 14.5. The fourth-order valence-corrected chi connectivity index (χ4v) is 3.80. The number of benzene rings is 2. The zero-order valence-electron chi connectivity index (χ0n) is 17.0. The summed E-state index contributed by atoms with van der Waals surface area (Å²) in [7, 11) is 0. The van der Waals surface area contributed by atoms with E-state index < -0.39 is 0 Å². The Morgan fingerprint density at radius 3 is 2.48 bits per heavy atom. The number of aryl methyl sites for hydroxylation is 1. The van der Waals surface area contributed by atoms with Gasteiger partial charge in [0.25, 0.3) is 5.56 Å². The van der Waals surface area contributed by atoms with Crippen LogP contribution in [-0.4, -0.2) is 28.8 Å². The van der Waals surface area contributed by atoms with Crippen molar-refractivity contribution in [2.75, 3.05) is 23.3 Å². The van der Waals surface area contributed by atoms with E-state index in [1.54, 1.807) is 12.1 Å². The molecule has 2 heterocycles. The van der Waals surface area contributed by atoms with Crippen LogP contribution in [0.1, 0.15) is 18.4 Å². The molecular weight excluding hydrogens is 419 g/mol. The third kappa shape index (κ3) is 4.77. The second kappa shape index (κ2) is 8.89. The maximum atomic E-state index is 13.2. The van der Waals surface area contributed by atoms with E-state index in [1.807, 2.05) is 24.0 Å². The fourth-order valence-electron chi connectivity index (χ4n) is 3.62. The minimum absolute atomic E-state index is 0.0242. The first-order valence-electron chi connectivity index (χ1n) is 10.1. The van der Waals surface area contributed by atoms with Crippen molar-refractivity contribution in [1.29, 1.82) is 0 Å². The van der Waals surface area contributed by atoms with E-state index in [9.17, 15) is 14.0 Å². The molecule has 1 saturated heterocycles. The van der Waals surface area contributed by atoms with Crippen LogP contribution in [0.3, 0.4) is 0 Å². The van der Waals surface area contributed by atoms with Gasteiger partial charge < -0.3 is 10.2 Å². The van der Waals surface area contributed by atoms with Gasteiger partial charge in [-0.1, -0.05) is 17.7 Å². The average Bonchev–Trinajstić information content (AvgIpc) is 2.77. The zero-order valence-corrected chi connectivity index (χ0v) is 17.8. The lowest BCUT2D eigenvalue weighted by Gasteiger charge is -2.32. The summed E-state index contributed by atoms with van der Waals surface area (Å²) >= 11 is 6.14. The smallest absolute Gasteiger partial charge is 0.271 e. The van der Waals surface area contributed by atoms with E-state index >= 15 is 0 Å². The molecule has 0 aliphatic carbocycles. The second-order valence-corrected chi connectivity index (χ2v) is 8.04. The molecule has 8 heteroatoms. The highest BCUT2D eigenvalue weighted by Crippen LogP contribution is 2.25. The lowest BCUT2D eigenvalue weighted by atomic mass is 9.95. The van der Waals surface area contributed by atoms with Crippen LogP contribution in [0, 0.1) is 18.7 Å². The Morgan fingerprint density at radius 2 is 1.81 bits per heavy atom. The van der Waals surface area contributed by atoms with Crippen LogP contribution in [0.2, 0.25) is 5.02 Å². The molecule has 0 radical (unpaired) electrons. The highest BCUT2D eigenvalue weighted by atomic mass is 35.5. The number of carbonyl (C=O) groups excluding carboxylic acids is 1. The van der Waals surface area contributed by atoms with Crippen LogP contribution >= 0.6 is 11.6 Å². The van der Waals surface area contributed by atoms with Gasteiger partial charge in [0.1, 0.15) is 11.6 Å². The Hall–Kier alpha value is -3.19. The van der Waals surface area contributed by atoms with Gasteiger partial charge in [-0.3, -0.25) is 9.59 Å². The average molecular weight is 441 g/mol. The first-order valence-corrected chi connectivity index (χ1v) is 10.5. The van der Waals surface area contributed by atoms with E-state index in [2.05, 4.69) is 10.4 Å². The van der Waals surface area contributed by atoms with Crippen molar-refractivity contribution < 1.29 is 9.18 Å². The maximum absolute atomic E-state index is 13.2. The molecule has 1 aromatic heterocycles. The van der Waals surface area contributed by atoms with E-state index in [4.69, 9.17) is 11.6 Å². The quantitative estimate of drug-likeness (QED) is 0.660. The molecular formula is C23H22ClFN4O2. The Bertz CT molecular complexity index is 1150. The van der Waals surface area contributed by atoms with Crippen LogP contribution in [0.5, 0.6) is 0 Å². The summed E-state index contributed by atoms with van der Waals surface area (Å²) in [5.41, 5.74) is 1.86. The number of halogens is 2. The number of hydrogen-bond acceptors (Lipinski definition) is 4. The Kier molecular flexibility index (Phi) is 6.04. The molecule has 1 amide bonds. The minimum atomic E-state index is -0.374. The molecule has 0 saturated carbocycles. The van der Waals surface area contributed by atoms with E-state index in [-0.39, 0.29) is 23.2 Å². The van der Waals surface area contributed by atoms with Crippen molar-refractivity contribution in [3.05, 3.63) is 81.4 Å². The predicted molar refractivity (Wildman–Crippen MR) is 120 cm³/mol. The monoisotopic (exact) mass is 440 g/mol. The number of hydrogen-bond donors (Lipinski definition) is 1. The normalized spacial score (nSPS) is 14.5. The van der Waals surface area contributed by atoms with Crippen molar-refractivity contribution in [1.82, 2.24) is 9.78 Å². The molecule has 3 aromatic rings. The minimum Gasteiger partial charge on any atom is -0.355 e. The van der Waals surface area contributed by atoms with Gasteiger partial charge in [0, 0.05) is 35.8 Å². The van der Waals surface area contributed by atoms with Crippen molar-refractivity contribution in [3.63, 3.8) is 0 Å². The van der Waals surface area contributed by atoms with Crippen LogP contribution in [0.15, 0.2) is 59.4 Å². The Morgan fingerprint density at radius 1 is 1.10 bits per heavy atom. The Labute approximate surface area is 184 Å². The molecule has 0 atom stereocenters. The third-order valence-electron chi connectivity index (χ3n) is 5.49. The summed E-state index contributed by atoms with van der Waals surface area (Å²) in [4.78, 5) is 26.9. The fraction of sp³-hybridized carbons (Fsp3) is 0.261. The van der Waals surface area contributed by atoms with Gasteiger partial charge in [0.2, 0.25) is 5.91 Å². The number of aromatic nitrogens is 2. The largest absolute Gasteiger partial charge is 0.355 e. The van der Waals surface area contributed by atoms with Crippen LogP contribution in [0.4, 0.5) is 15.9 Å². The van der Waals surface area contributed by atoms with E-state index in [1.165, 1.54) is 35.0 Å². The first kappa shape index (κ1) is 21.1. The number of rotatable bonds is 4. The summed E-state index contributed by atoms with van der Waals surface area (Å²) in [6.07, 6.45) is 1.34. The molecule has 160 valence electrons. The summed E-state index contributed by atoms with van der Waals surface area (Å²) in [5.74, 6) is 0.137. The van der Waals surface area contributed by atoms with Crippen molar-refractivity contribution in [2.24, 2.45) is 5.92 Å². The number of piperidine rings is 1. The van der Waals surface area contributed by atoms with Gasteiger partial charge in [0.15, 0.2) is 0 Å². The first-order chi connectivity index (χ1) is 14.9. The van der Waals surface area contributed by atoms with Crippen LogP contribution < -0.4 is 15.8 Å². The molecule has 2 aromatic carbocycles. The van der Waals surface area contributed by atoms with E-state index in [0.29, 0.717) is 48.1 Å². The molecule has 0 spiro atoms. The van der Waals surface area contributed by atoms with Gasteiger partial charge in [-0.2, -0.15) is 4.68 Å². The molecule has 1 aliphatic rings. The number of amides is 1. The maximum Gasteiger partial charge on any atom is 0.271 e. The van der Waals surface area contributed by atoms with Crippen molar-refractivity contribution in [2.45, 2.75) is 19.8 Å². The number of anilines is 2. The molecule has 6 nitrogen and oxygen atoms in total. The van der Waals surface area contributed by atoms with Gasteiger partial charge in [-0.05, 0) is 67.8 Å². The lowest BCUT2D eigenvalue weighted by molar-refractivity contribution is -0.120. The predicted octanol–water partition coefficient (Wildman–Crippen LogP) is 4.19. The molecule has 1 fully saturated rings. The van der Waals surface area contributed by atoms with Crippen molar-refractivity contribution in [3.8, 4) is 5.69 Å². The lowest BCUT2D eigenvalue weighted by Crippen LogP contribution is -2.39. The van der Waals surface area contributed by atoms with Gasteiger partial charge >= 0.3 is 0 Å². The van der Waals surface area contributed by atoms with Crippen LogP contribution in [-0.2, 0) is 4.79 Å². The molecule has 31 heavy (non-hydrogen) atoms. The standard InChI is InChI=1S/C23H22ClFN4O2/c1-15-2-5-18(14-20(15)24)26-23(31)16-10-12-28(13-11-16)21-8-9-22(30)29(27-21)19-6-3-17(25)4-7-19/h2-9,14,16H,10-13H2,1H3,(H,26,31). The SMILES string of the molecule is Cc1ccc(NC(=O)C2CCN(c3ccc(=O)n(-c4ccc(F)cc4)n3)CC2)cc1Cl. The number of nitrogens with zero attached hydrogens (tertiary/aromatic N) is 3. The van der Waals surface area contributed by atoms with Crippen LogP contribution in [0.25, 0.3) is 5.69 Å². The highest BCUT2D eigenvalue weighted by Gasteiger charge is 2.26. The summed E-state index contributed by atoms with van der Waals surface area (Å²) in [6.45, 7) is 3.19. The van der Waals surface area contributed by atoms with E-state index in [0.717, 1.165) is 5.56 Å². The molecule has 0 bridgehead atoms. The zero-order chi connectivity index (χ0) is 22.0. The Balaban J connectivity index is 1.42. The molecule has 1 N–H and O–H groups in total. The topological polar surface area (TPSA) is 67.2 Å². The van der Waals surface area contributed by atoms with Gasteiger partial charge in [0.05, 0.1) is 5.69 Å². The molecule has 0 unspecified atom stereocenters. The number of carbonyl (C=O) groups is 1. The number of nitrogens with one attached hydrogen (secondary N) is 1. The highest BCUT2D eigenvalue weighted by molar-refractivity contribution is 6.31. The summed E-state index contributed by atoms with van der Waals surface area (Å²) in [6, 6.07) is 14.2. The van der Waals surface area contributed by atoms with Gasteiger partial charge in [-0.15, -0.1) is 5.10 Å². The second-order valence-electron chi connectivity index (χ2n) is 7.63. The molecule has 4 rings (SSSR count). The van der Waals surface area contributed by atoms with Crippen molar-refractivity contribution >= 4 is 29.0 Å². The summed E-state index contributed by atoms with van der Waals surface area (Å²) in [5, 5.41) is 8.01.